The van der Waals surface area contributed by atoms with E-state index in [-0.39, 0.29) is 18.2 Å². The summed E-state index contributed by atoms with van der Waals surface area (Å²) in [6.07, 6.45) is 4.62. The maximum atomic E-state index is 11.6. The summed E-state index contributed by atoms with van der Waals surface area (Å²) in [6.45, 7) is 12.9. The maximum absolute atomic E-state index is 11.6. The van der Waals surface area contributed by atoms with E-state index in [1.165, 1.54) is 6.07 Å². The van der Waals surface area contributed by atoms with Crippen LogP contribution >= 0.6 is 0 Å². The first-order valence-electron chi connectivity index (χ1n) is 14.1. The predicted molar refractivity (Wildman–Crippen MR) is 156 cm³/mol. The normalized spacial score (nSPS) is 18.3. The van der Waals surface area contributed by atoms with Gasteiger partial charge < -0.3 is 33.9 Å². The molecule has 3 aliphatic heterocycles. The zero-order valence-electron chi connectivity index (χ0n) is 23.8. The van der Waals surface area contributed by atoms with Gasteiger partial charge >= 0.3 is 5.69 Å². The molecular formula is C27H41N7O5Si. The molecule has 3 aliphatic rings. The van der Waals surface area contributed by atoms with Crippen LogP contribution in [-0.4, -0.2) is 86.0 Å². The van der Waals surface area contributed by atoms with Crippen molar-refractivity contribution in [1.29, 1.82) is 5.41 Å². The summed E-state index contributed by atoms with van der Waals surface area (Å²) in [7, 11) is -1.13. The highest BCUT2D eigenvalue weighted by Crippen LogP contribution is 2.40. The van der Waals surface area contributed by atoms with Crippen molar-refractivity contribution in [3.8, 4) is 5.88 Å². The number of hydrogen-bond donors (Lipinski definition) is 2. The van der Waals surface area contributed by atoms with E-state index >= 15 is 0 Å². The van der Waals surface area contributed by atoms with Crippen molar-refractivity contribution >= 4 is 31.2 Å². The molecule has 0 saturated carbocycles. The standard InChI is InChI=1S/C27H41N7O5Si/c1-40(2,3)16-15-37-20-33-11-7-21-24(28)32(19-29-25(21)33)10-4-14-39-26-22(34(35)36)5-6-23(30-26)31-12-8-27(9-13-31)17-38-18-27/h5-7,11,28-29H,4,8-10,12-20H2,1-3H3. The predicted octanol–water partition coefficient (Wildman–Crippen LogP) is 4.20. The second-order valence-corrected chi connectivity index (χ2v) is 17.9. The topological polar surface area (TPSA) is 131 Å². The molecule has 5 rings (SSSR count). The highest BCUT2D eigenvalue weighted by molar-refractivity contribution is 6.76. The van der Waals surface area contributed by atoms with Crippen LogP contribution in [0.3, 0.4) is 0 Å². The Hall–Kier alpha value is -3.16. The van der Waals surface area contributed by atoms with Crippen molar-refractivity contribution in [2.75, 3.05) is 62.9 Å². The lowest BCUT2D eigenvalue weighted by Crippen LogP contribution is -2.51. The summed E-state index contributed by atoms with van der Waals surface area (Å²) in [5.41, 5.74) is 1.01. The van der Waals surface area contributed by atoms with Crippen molar-refractivity contribution in [3.05, 3.63) is 40.1 Å². The van der Waals surface area contributed by atoms with Gasteiger partial charge in [-0.3, -0.25) is 15.5 Å². The van der Waals surface area contributed by atoms with Gasteiger partial charge in [0.2, 0.25) is 0 Å². The summed E-state index contributed by atoms with van der Waals surface area (Å²) in [5, 5.41) is 23.7. The SMILES string of the molecule is C[Si](C)(C)CCOCn1ccc2c1NCN(CCCOc1nc(N3CCC4(CC3)COC4)ccc1[N+](=O)[O-])C2=N. The average molecular weight is 572 g/mol. The fraction of sp³-hybridized carbons (Fsp3) is 0.630. The quantitative estimate of drug-likeness (QED) is 0.167. The number of pyridine rings is 1. The Balaban J connectivity index is 1.12. The molecule has 0 radical (unpaired) electrons. The minimum absolute atomic E-state index is 0.0510. The highest BCUT2D eigenvalue weighted by atomic mass is 28.3. The molecule has 0 unspecified atom stereocenters. The van der Waals surface area contributed by atoms with E-state index in [2.05, 4.69) is 34.8 Å². The average Bonchev–Trinajstić information content (AvgIpc) is 3.32. The largest absolute Gasteiger partial charge is 0.473 e. The second kappa shape index (κ2) is 11.8. The smallest absolute Gasteiger partial charge is 0.331 e. The molecule has 2 aromatic rings. The van der Waals surface area contributed by atoms with Gasteiger partial charge in [0, 0.05) is 52.0 Å². The number of nitro groups is 1. The van der Waals surface area contributed by atoms with Gasteiger partial charge in [-0.05, 0) is 37.4 Å². The zero-order valence-corrected chi connectivity index (χ0v) is 24.8. The van der Waals surface area contributed by atoms with Crippen molar-refractivity contribution in [1.82, 2.24) is 14.5 Å². The van der Waals surface area contributed by atoms with Crippen LogP contribution in [0.25, 0.3) is 0 Å². The van der Waals surface area contributed by atoms with Crippen molar-refractivity contribution < 1.29 is 19.1 Å². The Morgan fingerprint density at radius 1 is 1.20 bits per heavy atom. The molecule has 0 bridgehead atoms. The molecule has 12 nitrogen and oxygen atoms in total. The molecule has 5 heterocycles. The van der Waals surface area contributed by atoms with Crippen LogP contribution in [-0.2, 0) is 16.2 Å². The highest BCUT2D eigenvalue weighted by Gasteiger charge is 2.41. The molecule has 0 amide bonds. The van der Waals surface area contributed by atoms with Crippen LogP contribution in [0.15, 0.2) is 24.4 Å². The van der Waals surface area contributed by atoms with Crippen molar-refractivity contribution in [2.24, 2.45) is 5.41 Å². The lowest BCUT2D eigenvalue weighted by molar-refractivity contribution is -0.386. The number of fused-ring (bicyclic) bond motifs is 1. The number of rotatable bonds is 12. The summed E-state index contributed by atoms with van der Waals surface area (Å²) in [4.78, 5) is 19.8. The zero-order chi connectivity index (χ0) is 28.3. The van der Waals surface area contributed by atoms with Gasteiger partial charge in [0.25, 0.3) is 5.88 Å². The van der Waals surface area contributed by atoms with Gasteiger partial charge in [-0.25, -0.2) is 0 Å². The first kappa shape index (κ1) is 28.4. The third-order valence-corrected chi connectivity index (χ3v) is 9.70. The van der Waals surface area contributed by atoms with Crippen LogP contribution in [0.2, 0.25) is 25.7 Å². The number of ether oxygens (including phenoxy) is 3. The van der Waals surface area contributed by atoms with Crippen LogP contribution in [0.4, 0.5) is 17.3 Å². The Bertz CT molecular complexity index is 1220. The first-order chi connectivity index (χ1) is 19.1. The first-order valence-corrected chi connectivity index (χ1v) is 17.8. The molecule has 40 heavy (non-hydrogen) atoms. The van der Waals surface area contributed by atoms with Gasteiger partial charge in [-0.1, -0.05) is 19.6 Å². The maximum Gasteiger partial charge on any atom is 0.331 e. The fourth-order valence-electron chi connectivity index (χ4n) is 5.28. The number of nitrogens with zero attached hydrogens (tertiary/aromatic N) is 5. The Labute approximate surface area is 236 Å². The molecule has 2 aromatic heterocycles. The number of amidine groups is 1. The Morgan fingerprint density at radius 2 is 1.98 bits per heavy atom. The summed E-state index contributed by atoms with van der Waals surface area (Å²) in [6, 6.07) is 6.25. The number of nitrogens with one attached hydrogen (secondary N) is 2. The van der Waals surface area contributed by atoms with E-state index in [1.54, 1.807) is 6.07 Å². The fourth-order valence-corrected chi connectivity index (χ4v) is 6.04. The van der Waals surface area contributed by atoms with E-state index in [9.17, 15) is 10.1 Å². The van der Waals surface area contributed by atoms with E-state index in [4.69, 9.17) is 19.6 Å². The van der Waals surface area contributed by atoms with Crippen LogP contribution in [0, 0.1) is 20.9 Å². The van der Waals surface area contributed by atoms with Crippen LogP contribution < -0.4 is 15.0 Å². The molecule has 0 aliphatic carbocycles. The molecular weight excluding hydrogens is 530 g/mol. The third-order valence-electron chi connectivity index (χ3n) is 8.00. The van der Waals surface area contributed by atoms with E-state index in [0.29, 0.717) is 43.4 Å². The van der Waals surface area contributed by atoms with Gasteiger partial charge in [-0.2, -0.15) is 4.98 Å². The van der Waals surface area contributed by atoms with E-state index in [0.717, 1.165) is 63.2 Å². The molecule has 2 fully saturated rings. The summed E-state index contributed by atoms with van der Waals surface area (Å²) in [5.74, 6) is 2.10. The molecule has 218 valence electrons. The number of anilines is 2. The van der Waals surface area contributed by atoms with Crippen LogP contribution in [0.5, 0.6) is 5.88 Å². The molecule has 13 heteroatoms. The number of aromatic nitrogens is 2. The monoisotopic (exact) mass is 571 g/mol. The molecule has 2 saturated heterocycles. The number of hydrogen-bond acceptors (Lipinski definition) is 9. The molecule has 0 aromatic carbocycles. The molecule has 2 N–H and O–H groups in total. The molecule has 1 spiro atoms. The van der Waals surface area contributed by atoms with Crippen molar-refractivity contribution in [3.63, 3.8) is 0 Å². The van der Waals surface area contributed by atoms with Gasteiger partial charge in [-0.15, -0.1) is 0 Å². The summed E-state index contributed by atoms with van der Waals surface area (Å²) >= 11 is 0. The lowest BCUT2D eigenvalue weighted by Gasteiger charge is -2.47. The minimum Gasteiger partial charge on any atom is -0.473 e. The Morgan fingerprint density at radius 3 is 2.65 bits per heavy atom. The molecule has 0 atom stereocenters. The Kier molecular flexibility index (Phi) is 8.33. The van der Waals surface area contributed by atoms with Gasteiger partial charge in [0.15, 0.2) is 0 Å². The van der Waals surface area contributed by atoms with E-state index in [1.807, 2.05) is 21.7 Å². The number of piperidine rings is 1. The van der Waals surface area contributed by atoms with Gasteiger partial charge in [0.1, 0.15) is 24.2 Å². The van der Waals surface area contributed by atoms with Crippen LogP contribution in [0.1, 0.15) is 24.8 Å². The lowest BCUT2D eigenvalue weighted by atomic mass is 9.77. The summed E-state index contributed by atoms with van der Waals surface area (Å²) < 4.78 is 19.2. The van der Waals surface area contributed by atoms with Gasteiger partial charge in [0.05, 0.1) is 37.0 Å². The third kappa shape index (κ3) is 6.42. The van der Waals surface area contributed by atoms with E-state index < -0.39 is 13.0 Å². The van der Waals surface area contributed by atoms with Crippen molar-refractivity contribution in [2.45, 2.75) is 51.7 Å². The minimum atomic E-state index is -1.13. The second-order valence-electron chi connectivity index (χ2n) is 12.3.